The molecule has 0 spiro atoms. The molecule has 0 aliphatic heterocycles. The van der Waals surface area contributed by atoms with E-state index in [1.807, 2.05) is 45.0 Å². The van der Waals surface area contributed by atoms with Crippen LogP contribution >= 0.6 is 11.3 Å². The van der Waals surface area contributed by atoms with Crippen molar-refractivity contribution in [3.8, 4) is 11.5 Å². The first kappa shape index (κ1) is 20.9. The molecule has 1 aromatic carbocycles. The zero-order valence-corrected chi connectivity index (χ0v) is 17.9. The lowest BCUT2D eigenvalue weighted by Crippen LogP contribution is -2.39. The van der Waals surface area contributed by atoms with E-state index in [2.05, 4.69) is 27.5 Å². The summed E-state index contributed by atoms with van der Waals surface area (Å²) in [6.45, 7) is 9.28. The number of carbonyl (C=O) groups is 1. The van der Waals surface area contributed by atoms with Gasteiger partial charge in [0.15, 0.2) is 0 Å². The largest absolute Gasteiger partial charge is 0.494 e. The average molecular weight is 415 g/mol. The van der Waals surface area contributed by atoms with Crippen molar-refractivity contribution in [2.24, 2.45) is 0 Å². The van der Waals surface area contributed by atoms with Gasteiger partial charge in [-0.1, -0.05) is 0 Å². The smallest absolute Gasteiger partial charge is 0.242 e. The van der Waals surface area contributed by atoms with Gasteiger partial charge in [0, 0.05) is 4.88 Å². The van der Waals surface area contributed by atoms with E-state index in [4.69, 9.17) is 9.47 Å². The van der Waals surface area contributed by atoms with Crippen LogP contribution in [0.3, 0.4) is 0 Å². The molecule has 1 atom stereocenters. The van der Waals surface area contributed by atoms with Crippen LogP contribution in [0.4, 0.5) is 5.82 Å². The molecule has 2 N–H and O–H groups in total. The molecule has 0 aliphatic carbocycles. The first-order chi connectivity index (χ1) is 14.0. The number of ether oxygens (including phenoxy) is 2. The molecule has 0 saturated heterocycles. The lowest BCUT2D eigenvalue weighted by molar-refractivity contribution is -0.121. The van der Waals surface area contributed by atoms with Gasteiger partial charge in [-0.3, -0.25) is 4.79 Å². The van der Waals surface area contributed by atoms with Gasteiger partial charge < -0.3 is 20.1 Å². The Kier molecular flexibility index (Phi) is 6.87. The summed E-state index contributed by atoms with van der Waals surface area (Å²) in [5.41, 5.74) is 1.14. The van der Waals surface area contributed by atoms with E-state index in [0.717, 1.165) is 27.3 Å². The first-order valence-electron chi connectivity index (χ1n) is 9.60. The second-order valence-electron chi connectivity index (χ2n) is 6.60. The normalized spacial score (nSPS) is 11.9. The van der Waals surface area contributed by atoms with E-state index < -0.39 is 6.04 Å². The zero-order chi connectivity index (χ0) is 20.8. The van der Waals surface area contributed by atoms with Crippen LogP contribution in [0.2, 0.25) is 0 Å². The van der Waals surface area contributed by atoms with Crippen molar-refractivity contribution >= 4 is 33.3 Å². The summed E-state index contributed by atoms with van der Waals surface area (Å²) in [6, 6.07) is 6.99. The Morgan fingerprint density at radius 1 is 1.14 bits per heavy atom. The number of anilines is 1. The lowest BCUT2D eigenvalue weighted by atomic mass is 10.2. The standard InChI is InChI=1S/C21H26N4O3S/c1-5-27-16-6-8-17(9-7-16)28-11-10-22-20(26)14(3)25-19-18-13(2)15(4)29-21(18)24-12-23-19/h6-9,12,14H,5,10-11H2,1-4H3,(H,22,26)(H,23,24,25)/t14-/m0/s1. The zero-order valence-electron chi connectivity index (χ0n) is 17.1. The average Bonchev–Trinajstić information content (AvgIpc) is 3.01. The third-order valence-electron chi connectivity index (χ3n) is 4.52. The van der Waals surface area contributed by atoms with Crippen LogP contribution < -0.4 is 20.1 Å². The second kappa shape index (κ2) is 9.56. The summed E-state index contributed by atoms with van der Waals surface area (Å²) in [4.78, 5) is 23.2. The number of nitrogens with zero attached hydrogens (tertiary/aromatic N) is 2. The number of carbonyl (C=O) groups excluding carboxylic acids is 1. The number of hydrogen-bond acceptors (Lipinski definition) is 7. The molecule has 2 aromatic heterocycles. The summed E-state index contributed by atoms with van der Waals surface area (Å²) < 4.78 is 11.1. The van der Waals surface area contributed by atoms with Gasteiger partial charge in [0.2, 0.25) is 5.91 Å². The van der Waals surface area contributed by atoms with Crippen molar-refractivity contribution in [3.05, 3.63) is 41.0 Å². The summed E-state index contributed by atoms with van der Waals surface area (Å²) in [6.07, 6.45) is 1.52. The van der Waals surface area contributed by atoms with Crippen molar-refractivity contribution in [2.75, 3.05) is 25.1 Å². The molecule has 8 heteroatoms. The number of aryl methyl sites for hydroxylation is 2. The van der Waals surface area contributed by atoms with Gasteiger partial charge in [0.05, 0.1) is 18.5 Å². The molecular weight excluding hydrogens is 388 g/mol. The Balaban J connectivity index is 1.48. The summed E-state index contributed by atoms with van der Waals surface area (Å²) in [5, 5.41) is 7.07. The van der Waals surface area contributed by atoms with Crippen molar-refractivity contribution in [3.63, 3.8) is 0 Å². The van der Waals surface area contributed by atoms with Crippen LogP contribution in [0.5, 0.6) is 11.5 Å². The van der Waals surface area contributed by atoms with Crippen LogP contribution in [-0.2, 0) is 4.79 Å². The summed E-state index contributed by atoms with van der Waals surface area (Å²) >= 11 is 1.63. The molecule has 0 unspecified atom stereocenters. The minimum atomic E-state index is -0.432. The van der Waals surface area contributed by atoms with Crippen molar-refractivity contribution in [1.82, 2.24) is 15.3 Å². The third-order valence-corrected chi connectivity index (χ3v) is 5.63. The highest BCUT2D eigenvalue weighted by Crippen LogP contribution is 2.32. The van der Waals surface area contributed by atoms with Crippen molar-refractivity contribution in [2.45, 2.75) is 33.7 Å². The number of rotatable bonds is 9. The minimum Gasteiger partial charge on any atom is -0.494 e. The number of thiophene rings is 1. The molecule has 0 fully saturated rings. The van der Waals surface area contributed by atoms with Gasteiger partial charge in [0.25, 0.3) is 0 Å². The molecule has 0 saturated carbocycles. The van der Waals surface area contributed by atoms with E-state index in [-0.39, 0.29) is 5.91 Å². The quantitative estimate of drug-likeness (QED) is 0.519. The van der Waals surface area contributed by atoms with Gasteiger partial charge in [-0.15, -0.1) is 11.3 Å². The number of aromatic nitrogens is 2. The Morgan fingerprint density at radius 3 is 2.52 bits per heavy atom. The summed E-state index contributed by atoms with van der Waals surface area (Å²) in [5.74, 6) is 2.12. The molecule has 2 heterocycles. The van der Waals surface area contributed by atoms with E-state index in [9.17, 15) is 4.79 Å². The monoisotopic (exact) mass is 414 g/mol. The van der Waals surface area contributed by atoms with Crippen LogP contribution in [-0.4, -0.2) is 41.7 Å². The van der Waals surface area contributed by atoms with Gasteiger partial charge in [-0.2, -0.15) is 0 Å². The number of nitrogens with one attached hydrogen (secondary N) is 2. The molecule has 3 rings (SSSR count). The van der Waals surface area contributed by atoms with Gasteiger partial charge in [-0.25, -0.2) is 9.97 Å². The Morgan fingerprint density at radius 2 is 1.83 bits per heavy atom. The fraction of sp³-hybridized carbons (Fsp3) is 0.381. The van der Waals surface area contributed by atoms with Crippen LogP contribution in [0.25, 0.3) is 10.2 Å². The molecule has 0 bridgehead atoms. The topological polar surface area (TPSA) is 85.4 Å². The maximum absolute atomic E-state index is 12.4. The van der Waals surface area contributed by atoms with Gasteiger partial charge in [-0.05, 0) is 57.5 Å². The van der Waals surface area contributed by atoms with Gasteiger partial charge in [0.1, 0.15) is 41.1 Å². The van der Waals surface area contributed by atoms with Crippen molar-refractivity contribution in [1.29, 1.82) is 0 Å². The van der Waals surface area contributed by atoms with Crippen LogP contribution in [0, 0.1) is 13.8 Å². The van der Waals surface area contributed by atoms with Crippen LogP contribution in [0.1, 0.15) is 24.3 Å². The predicted octanol–water partition coefficient (Wildman–Crippen LogP) is 3.70. The fourth-order valence-electron chi connectivity index (χ4n) is 2.86. The first-order valence-corrected chi connectivity index (χ1v) is 10.4. The number of benzene rings is 1. The van der Waals surface area contributed by atoms with E-state index in [1.54, 1.807) is 11.3 Å². The third kappa shape index (κ3) is 5.14. The molecule has 0 aliphatic rings. The number of fused-ring (bicyclic) bond motifs is 1. The summed E-state index contributed by atoms with van der Waals surface area (Å²) in [7, 11) is 0. The molecule has 7 nitrogen and oxygen atoms in total. The predicted molar refractivity (Wildman–Crippen MR) is 116 cm³/mol. The lowest BCUT2D eigenvalue weighted by Gasteiger charge is -2.15. The van der Waals surface area contributed by atoms with Gasteiger partial charge >= 0.3 is 0 Å². The minimum absolute atomic E-state index is 0.114. The molecule has 3 aromatic rings. The fourth-order valence-corrected chi connectivity index (χ4v) is 3.85. The highest BCUT2D eigenvalue weighted by molar-refractivity contribution is 7.18. The van der Waals surface area contributed by atoms with E-state index >= 15 is 0 Å². The molecule has 1 amide bonds. The molecule has 154 valence electrons. The number of hydrogen-bond donors (Lipinski definition) is 2. The van der Waals surface area contributed by atoms with E-state index in [0.29, 0.717) is 25.6 Å². The Bertz CT molecular complexity index is 972. The van der Waals surface area contributed by atoms with E-state index in [1.165, 1.54) is 11.2 Å². The maximum atomic E-state index is 12.4. The highest BCUT2D eigenvalue weighted by atomic mass is 32.1. The molecular formula is C21H26N4O3S. The SMILES string of the molecule is CCOc1ccc(OCCNC(=O)[C@H](C)Nc2ncnc3sc(C)c(C)c23)cc1. The second-order valence-corrected chi connectivity index (χ2v) is 7.80. The Labute approximate surface area is 174 Å². The Hall–Kier alpha value is -2.87. The molecule has 0 radical (unpaired) electrons. The van der Waals surface area contributed by atoms with Crippen LogP contribution in [0.15, 0.2) is 30.6 Å². The molecule has 29 heavy (non-hydrogen) atoms. The highest BCUT2D eigenvalue weighted by Gasteiger charge is 2.17. The van der Waals surface area contributed by atoms with Crippen molar-refractivity contribution < 1.29 is 14.3 Å². The maximum Gasteiger partial charge on any atom is 0.242 e. The number of amides is 1.